The van der Waals surface area contributed by atoms with Gasteiger partial charge in [-0.1, -0.05) is 29.8 Å². The Bertz CT molecular complexity index is 1340. The zero-order valence-electron chi connectivity index (χ0n) is 16.5. The fraction of sp³-hybridized carbons (Fsp3) is 0.0909. The maximum Gasteiger partial charge on any atom is 0.417 e. The number of rotatable bonds is 5. The lowest BCUT2D eigenvalue weighted by atomic mass is 10.1. The van der Waals surface area contributed by atoms with Gasteiger partial charge in [-0.25, -0.2) is 14.8 Å². The van der Waals surface area contributed by atoms with Gasteiger partial charge in [-0.3, -0.25) is 4.79 Å². The molecule has 0 radical (unpaired) electrons. The Morgan fingerprint density at radius 1 is 1.12 bits per heavy atom. The predicted molar refractivity (Wildman–Crippen MR) is 113 cm³/mol. The van der Waals surface area contributed by atoms with E-state index in [9.17, 15) is 22.8 Å². The number of ether oxygens (including phenoxy) is 1. The average molecular weight is 476 g/mol. The number of carbonyl (C=O) groups excluding carboxylic acids is 2. The smallest absolute Gasteiger partial charge is 0.417 e. The van der Waals surface area contributed by atoms with Crippen LogP contribution in [-0.2, 0) is 15.7 Å². The molecule has 168 valence electrons. The fourth-order valence-corrected chi connectivity index (χ4v) is 3.17. The number of aromatic nitrogens is 2. The second-order valence-corrected chi connectivity index (χ2v) is 7.13. The van der Waals surface area contributed by atoms with Crippen molar-refractivity contribution in [3.63, 3.8) is 0 Å². The highest BCUT2D eigenvalue weighted by Gasteiger charge is 2.31. The van der Waals surface area contributed by atoms with Gasteiger partial charge in [0.15, 0.2) is 18.2 Å². The molecule has 3 heterocycles. The maximum atomic E-state index is 12.7. The molecule has 1 aromatic carbocycles. The van der Waals surface area contributed by atoms with Crippen LogP contribution in [0, 0.1) is 0 Å². The van der Waals surface area contributed by atoms with Crippen LogP contribution in [0.15, 0.2) is 65.4 Å². The highest BCUT2D eigenvalue weighted by atomic mass is 35.5. The zero-order valence-corrected chi connectivity index (χ0v) is 17.3. The lowest BCUT2D eigenvalue weighted by molar-refractivity contribution is -0.137. The van der Waals surface area contributed by atoms with Gasteiger partial charge in [0.1, 0.15) is 5.69 Å². The molecule has 4 rings (SSSR count). The number of nitrogens with one attached hydrogen (secondary N) is 1. The molecule has 0 aliphatic carbocycles. The molecule has 0 saturated heterocycles. The number of furan rings is 1. The lowest BCUT2D eigenvalue weighted by Gasteiger charge is -2.11. The number of para-hydroxylation sites is 1. The third-order valence-corrected chi connectivity index (χ3v) is 4.76. The van der Waals surface area contributed by atoms with Crippen LogP contribution in [0.2, 0.25) is 5.02 Å². The highest BCUT2D eigenvalue weighted by Crippen LogP contribution is 2.32. The van der Waals surface area contributed by atoms with Crippen LogP contribution in [0.25, 0.3) is 22.4 Å². The van der Waals surface area contributed by atoms with Gasteiger partial charge in [0, 0.05) is 11.6 Å². The number of alkyl halides is 3. The molecule has 33 heavy (non-hydrogen) atoms. The zero-order chi connectivity index (χ0) is 23.6. The fourth-order valence-electron chi connectivity index (χ4n) is 2.96. The van der Waals surface area contributed by atoms with Gasteiger partial charge in [-0.15, -0.1) is 0 Å². The minimum atomic E-state index is -4.63. The summed E-state index contributed by atoms with van der Waals surface area (Å²) in [5.74, 6) is -1.49. The van der Waals surface area contributed by atoms with E-state index >= 15 is 0 Å². The van der Waals surface area contributed by atoms with E-state index in [0.717, 1.165) is 0 Å². The van der Waals surface area contributed by atoms with Gasteiger partial charge in [-0.2, -0.15) is 13.2 Å². The van der Waals surface area contributed by atoms with Crippen molar-refractivity contribution in [2.75, 3.05) is 11.9 Å². The number of nitrogens with zero attached hydrogens (tertiary/aromatic N) is 2. The Labute approximate surface area is 189 Å². The van der Waals surface area contributed by atoms with Gasteiger partial charge in [0.25, 0.3) is 5.91 Å². The molecule has 0 unspecified atom stereocenters. The first-order valence-electron chi connectivity index (χ1n) is 9.36. The van der Waals surface area contributed by atoms with Crippen molar-refractivity contribution in [1.82, 2.24) is 9.97 Å². The number of esters is 1. The number of hydrogen-bond acceptors (Lipinski definition) is 6. The van der Waals surface area contributed by atoms with Gasteiger partial charge in [0.2, 0.25) is 0 Å². The summed E-state index contributed by atoms with van der Waals surface area (Å²) in [6, 6.07) is 12.3. The van der Waals surface area contributed by atoms with Crippen molar-refractivity contribution in [2.24, 2.45) is 0 Å². The summed E-state index contributed by atoms with van der Waals surface area (Å²) >= 11 is 5.77. The summed E-state index contributed by atoms with van der Waals surface area (Å²) in [5, 5.41) is 2.31. The van der Waals surface area contributed by atoms with Crippen LogP contribution in [0.5, 0.6) is 0 Å². The number of benzene rings is 1. The van der Waals surface area contributed by atoms with Crippen LogP contribution >= 0.6 is 11.6 Å². The van der Waals surface area contributed by atoms with Crippen molar-refractivity contribution >= 4 is 40.2 Å². The molecule has 4 aromatic rings. The summed E-state index contributed by atoms with van der Waals surface area (Å²) in [6.45, 7) is -0.718. The summed E-state index contributed by atoms with van der Waals surface area (Å²) in [7, 11) is 0. The highest BCUT2D eigenvalue weighted by molar-refractivity contribution is 6.33. The van der Waals surface area contributed by atoms with Crippen LogP contribution in [0.1, 0.15) is 15.9 Å². The van der Waals surface area contributed by atoms with Gasteiger partial charge >= 0.3 is 12.1 Å². The number of anilines is 1. The van der Waals surface area contributed by atoms with Crippen LogP contribution in [0.3, 0.4) is 0 Å². The number of pyridine rings is 2. The molecule has 0 atom stereocenters. The van der Waals surface area contributed by atoms with Crippen molar-refractivity contribution in [1.29, 1.82) is 0 Å². The summed E-state index contributed by atoms with van der Waals surface area (Å²) in [5.41, 5.74) is 0.0127. The Kier molecular flexibility index (Phi) is 6.01. The Morgan fingerprint density at radius 3 is 2.61 bits per heavy atom. The largest absolute Gasteiger partial charge is 0.463 e. The molecule has 3 aromatic heterocycles. The van der Waals surface area contributed by atoms with Crippen molar-refractivity contribution < 1.29 is 31.9 Å². The minimum Gasteiger partial charge on any atom is -0.463 e. The molecule has 1 amide bonds. The first-order chi connectivity index (χ1) is 15.7. The van der Waals surface area contributed by atoms with E-state index in [1.807, 2.05) is 0 Å². The van der Waals surface area contributed by atoms with E-state index in [1.165, 1.54) is 12.3 Å². The van der Waals surface area contributed by atoms with Gasteiger partial charge in [0.05, 0.1) is 27.9 Å². The number of amides is 1. The molecule has 1 N–H and O–H groups in total. The molecule has 0 aliphatic rings. The molecular formula is C22H13ClF3N3O4. The summed E-state index contributed by atoms with van der Waals surface area (Å²) < 4.78 is 48.6. The summed E-state index contributed by atoms with van der Waals surface area (Å²) in [6.07, 6.45) is -2.63. The van der Waals surface area contributed by atoms with Crippen molar-refractivity contribution in [2.45, 2.75) is 6.18 Å². The monoisotopic (exact) mass is 475 g/mol. The SMILES string of the molecule is O=C(COC(=O)c1cc(-c2ccco2)nc2ccccc12)Nc1ncc(C(F)(F)F)cc1Cl. The number of hydrogen-bond donors (Lipinski definition) is 1. The molecule has 11 heteroatoms. The van der Waals surface area contributed by atoms with Gasteiger partial charge < -0.3 is 14.5 Å². The van der Waals surface area contributed by atoms with Gasteiger partial charge in [-0.05, 0) is 30.3 Å². The number of carbonyl (C=O) groups is 2. The van der Waals surface area contributed by atoms with E-state index in [-0.39, 0.29) is 11.4 Å². The lowest BCUT2D eigenvalue weighted by Crippen LogP contribution is -2.22. The first-order valence-corrected chi connectivity index (χ1v) is 9.73. The topological polar surface area (TPSA) is 94.3 Å². The molecule has 0 bridgehead atoms. The quantitative estimate of drug-likeness (QED) is 0.391. The molecule has 0 aliphatic heterocycles. The van der Waals surface area contributed by atoms with E-state index in [1.54, 1.807) is 36.4 Å². The van der Waals surface area contributed by atoms with Crippen LogP contribution in [-0.4, -0.2) is 28.5 Å². The molecule has 0 spiro atoms. The number of halogens is 4. The maximum absolute atomic E-state index is 12.7. The molecule has 0 saturated carbocycles. The standard InChI is InChI=1S/C22H13ClF3N3O4/c23-15-8-12(22(24,25)26)10-27-20(15)29-19(30)11-33-21(31)14-9-17(18-6-3-7-32-18)28-16-5-2-1-4-13(14)16/h1-10H,11H2,(H,27,29,30). The van der Waals surface area contributed by atoms with E-state index < -0.39 is 35.2 Å². The third-order valence-electron chi connectivity index (χ3n) is 4.47. The minimum absolute atomic E-state index is 0.158. The van der Waals surface area contributed by atoms with Crippen LogP contribution in [0.4, 0.5) is 19.0 Å². The Balaban J connectivity index is 1.49. The normalized spacial score (nSPS) is 11.4. The van der Waals surface area contributed by atoms with Crippen LogP contribution < -0.4 is 5.32 Å². The average Bonchev–Trinajstić information content (AvgIpc) is 3.32. The Hall–Kier alpha value is -3.92. The first kappa shape index (κ1) is 22.3. The molecule has 7 nitrogen and oxygen atoms in total. The summed E-state index contributed by atoms with van der Waals surface area (Å²) in [4.78, 5) is 32.9. The van der Waals surface area contributed by atoms with E-state index in [2.05, 4.69) is 15.3 Å². The van der Waals surface area contributed by atoms with E-state index in [0.29, 0.717) is 34.6 Å². The van der Waals surface area contributed by atoms with Crippen molar-refractivity contribution in [3.8, 4) is 11.5 Å². The van der Waals surface area contributed by atoms with Crippen molar-refractivity contribution in [3.05, 3.63) is 77.1 Å². The second kappa shape index (κ2) is 8.91. The molecular weight excluding hydrogens is 463 g/mol. The molecule has 0 fully saturated rings. The number of fused-ring (bicyclic) bond motifs is 1. The van der Waals surface area contributed by atoms with E-state index in [4.69, 9.17) is 20.8 Å². The Morgan fingerprint density at radius 2 is 1.91 bits per heavy atom. The second-order valence-electron chi connectivity index (χ2n) is 6.73. The third kappa shape index (κ3) is 4.96. The predicted octanol–water partition coefficient (Wildman–Crippen LogP) is 5.36.